The summed E-state index contributed by atoms with van der Waals surface area (Å²) in [6.45, 7) is 0. The van der Waals surface area contributed by atoms with E-state index >= 15 is 0 Å². The molecule has 2 aliphatic carbocycles. The highest BCUT2D eigenvalue weighted by Gasteiger charge is 2.11. The van der Waals surface area contributed by atoms with E-state index in [4.69, 9.17) is 6.42 Å². The zero-order valence-electron chi connectivity index (χ0n) is 13.9. The summed E-state index contributed by atoms with van der Waals surface area (Å²) in [4.78, 5) is 10.3. The number of hydrogen-bond acceptors (Lipinski definition) is 3. The lowest BCUT2D eigenvalue weighted by atomic mass is 9.95. The molecule has 0 saturated carbocycles. The van der Waals surface area contributed by atoms with Crippen molar-refractivity contribution in [3.05, 3.63) is 85.2 Å². The molecule has 1 heterocycles. The summed E-state index contributed by atoms with van der Waals surface area (Å²) in [5, 5.41) is 0.937. The highest BCUT2D eigenvalue weighted by molar-refractivity contribution is 5.92. The summed E-state index contributed by atoms with van der Waals surface area (Å²) in [6.07, 6.45) is 7.18. The Morgan fingerprint density at radius 1 is 0.731 bits per heavy atom. The molecule has 2 aromatic carbocycles. The van der Waals surface area contributed by atoms with Gasteiger partial charge in [0.25, 0.3) is 0 Å². The van der Waals surface area contributed by atoms with Crippen molar-refractivity contribution in [2.45, 2.75) is 0 Å². The Bertz CT molecular complexity index is 1030. The lowest BCUT2D eigenvalue weighted by Crippen LogP contribution is -2.11. The van der Waals surface area contributed by atoms with E-state index in [-0.39, 0.29) is 12.4 Å². The summed E-state index contributed by atoms with van der Waals surface area (Å²) in [7, 11) is 0. The van der Waals surface area contributed by atoms with Crippen LogP contribution in [0.5, 0.6) is 0 Å². The van der Waals surface area contributed by atoms with Crippen LogP contribution in [0.1, 0.15) is 0 Å². The van der Waals surface area contributed by atoms with Crippen molar-refractivity contribution < 1.29 is 0 Å². The molecule has 2 aliphatic rings. The Morgan fingerprint density at radius 2 is 1.35 bits per heavy atom. The van der Waals surface area contributed by atoms with Crippen LogP contribution in [-0.4, -0.2) is 9.97 Å². The topological polar surface area (TPSA) is 29.0 Å². The first-order chi connectivity index (χ1) is 12.4. The Morgan fingerprint density at radius 3 is 1.92 bits per heavy atom. The van der Waals surface area contributed by atoms with E-state index in [0.29, 0.717) is 0 Å². The lowest BCUT2D eigenvalue weighted by Gasteiger charge is -2.17. The van der Waals surface area contributed by atoms with E-state index in [1.807, 2.05) is 54.6 Å². The van der Waals surface area contributed by atoms with E-state index in [1.165, 1.54) is 17.5 Å². The van der Waals surface area contributed by atoms with Crippen LogP contribution >= 0.6 is 12.4 Å². The zero-order chi connectivity index (χ0) is 17.1. The van der Waals surface area contributed by atoms with E-state index in [1.54, 1.807) is 4.90 Å². The molecular weight excluding hydrogens is 342 g/mol. The van der Waals surface area contributed by atoms with E-state index in [2.05, 4.69) is 40.3 Å². The van der Waals surface area contributed by atoms with Gasteiger partial charge >= 0.3 is 0 Å². The van der Waals surface area contributed by atoms with Gasteiger partial charge in [0.1, 0.15) is 6.33 Å². The van der Waals surface area contributed by atoms with Gasteiger partial charge in [0, 0.05) is 11.4 Å². The van der Waals surface area contributed by atoms with Crippen LogP contribution in [-0.2, 0) is 0 Å². The van der Waals surface area contributed by atoms with Crippen molar-refractivity contribution in [2.75, 3.05) is 4.90 Å². The molecule has 0 fully saturated rings. The van der Waals surface area contributed by atoms with Crippen molar-refractivity contribution >= 4 is 34.8 Å². The number of nitrogens with zero attached hydrogens (tertiary/aromatic N) is 3. The average Bonchev–Trinajstić information content (AvgIpc) is 2.67. The molecule has 26 heavy (non-hydrogen) atoms. The third-order valence-electron chi connectivity index (χ3n) is 4.10. The normalized spacial score (nSPS) is 9.96. The molecule has 1 aromatic heterocycles. The van der Waals surface area contributed by atoms with E-state index in [9.17, 15) is 0 Å². The first kappa shape index (κ1) is 17.5. The van der Waals surface area contributed by atoms with Gasteiger partial charge in [0.05, 0.1) is 11.2 Å². The first-order valence-corrected chi connectivity index (χ1v) is 7.98. The largest absolute Gasteiger partial charge is 0.253 e. The predicted molar refractivity (Wildman–Crippen MR) is 110 cm³/mol. The molecule has 0 bridgehead atoms. The smallest absolute Gasteiger partial charge is 0.156 e. The fourth-order valence-corrected chi connectivity index (χ4v) is 2.67. The van der Waals surface area contributed by atoms with Gasteiger partial charge in [-0.2, -0.15) is 0 Å². The molecule has 0 amide bonds. The molecule has 0 radical (unpaired) electrons. The molecule has 0 N–H and O–H groups in total. The highest BCUT2D eigenvalue weighted by Crippen LogP contribution is 2.29. The van der Waals surface area contributed by atoms with Crippen LogP contribution in [0.3, 0.4) is 0 Å². The summed E-state index contributed by atoms with van der Waals surface area (Å²) in [5.74, 6) is 0.722. The molecule has 0 unspecified atom stereocenters. The quantitative estimate of drug-likeness (QED) is 0.311. The van der Waals surface area contributed by atoms with E-state index in [0.717, 1.165) is 22.4 Å². The van der Waals surface area contributed by atoms with Crippen LogP contribution in [0, 0.1) is 12.5 Å². The maximum absolute atomic E-state index is 5.64. The Kier molecular flexibility index (Phi) is 5.17. The van der Waals surface area contributed by atoms with Gasteiger partial charge < -0.3 is 0 Å². The summed E-state index contributed by atoms with van der Waals surface area (Å²) in [6, 6.07) is 28.7. The number of rotatable bonds is 2. The van der Waals surface area contributed by atoms with Gasteiger partial charge in [0.2, 0.25) is 0 Å². The second-order valence-electron chi connectivity index (χ2n) is 5.59. The molecular formula is C22H16ClN3. The maximum atomic E-state index is 5.64. The summed E-state index contributed by atoms with van der Waals surface area (Å²) in [5.41, 5.74) is 4.64. The number of terminal acetylenes is 1. The third-order valence-corrected chi connectivity index (χ3v) is 4.10. The van der Waals surface area contributed by atoms with Crippen molar-refractivity contribution in [3.8, 4) is 23.6 Å². The van der Waals surface area contributed by atoms with Gasteiger partial charge in [-0.3, -0.25) is 4.90 Å². The molecule has 3 nitrogen and oxygen atoms in total. The number of benzene rings is 3. The average molecular weight is 358 g/mol. The number of halogens is 1. The minimum absolute atomic E-state index is 0. The molecule has 126 valence electrons. The Labute approximate surface area is 158 Å². The second kappa shape index (κ2) is 7.69. The standard InChI is InChI=1S/C16H11N3.C6H4.ClH/c1-2-19(13-8-4-3-5-9-13)16-14-10-6-7-11-15(14)17-12-18-16;1-2-6-4-3-5(1)6;/h1,3-12H;1-4H;1H. The monoisotopic (exact) mass is 357 g/mol. The van der Waals surface area contributed by atoms with Gasteiger partial charge in [-0.15, -0.1) is 12.4 Å². The molecule has 5 rings (SSSR count). The number of fused-ring (bicyclic) bond motifs is 2. The highest BCUT2D eigenvalue weighted by atomic mass is 35.5. The number of para-hydroxylation sites is 2. The van der Waals surface area contributed by atoms with Crippen LogP contribution in [0.2, 0.25) is 0 Å². The molecule has 0 saturated heterocycles. The van der Waals surface area contributed by atoms with Crippen LogP contribution in [0.4, 0.5) is 11.5 Å². The summed E-state index contributed by atoms with van der Waals surface area (Å²) >= 11 is 0. The summed E-state index contributed by atoms with van der Waals surface area (Å²) < 4.78 is 0. The zero-order valence-corrected chi connectivity index (χ0v) is 14.7. The van der Waals surface area contributed by atoms with Crippen LogP contribution in [0.15, 0.2) is 85.2 Å². The Balaban J connectivity index is 0.000000234. The second-order valence-corrected chi connectivity index (χ2v) is 5.59. The van der Waals surface area contributed by atoms with Crippen LogP contribution < -0.4 is 4.90 Å². The van der Waals surface area contributed by atoms with Gasteiger partial charge in [-0.05, 0) is 35.4 Å². The van der Waals surface area contributed by atoms with Gasteiger partial charge in [-0.1, -0.05) is 61.0 Å². The number of hydrogen-bond donors (Lipinski definition) is 0. The Hall–Kier alpha value is -3.35. The van der Waals surface area contributed by atoms with Crippen molar-refractivity contribution in [1.29, 1.82) is 0 Å². The lowest BCUT2D eigenvalue weighted by molar-refractivity contribution is 1.16. The molecule has 4 heteroatoms. The minimum Gasteiger partial charge on any atom is -0.253 e. The first-order valence-electron chi connectivity index (χ1n) is 7.98. The fourth-order valence-electron chi connectivity index (χ4n) is 2.67. The third kappa shape index (κ3) is 3.23. The van der Waals surface area contributed by atoms with Crippen molar-refractivity contribution in [2.24, 2.45) is 0 Å². The van der Waals surface area contributed by atoms with Crippen molar-refractivity contribution in [1.82, 2.24) is 9.97 Å². The molecule has 0 aliphatic heterocycles. The van der Waals surface area contributed by atoms with Crippen LogP contribution in [0.25, 0.3) is 22.0 Å². The minimum atomic E-state index is 0. The SMILES string of the molecule is C#CN(c1ccccc1)c1ncnc2ccccc12.Cl.c1cc2ccc1-2. The molecule has 0 atom stereocenters. The van der Waals surface area contributed by atoms with Crippen molar-refractivity contribution in [3.63, 3.8) is 0 Å². The van der Waals surface area contributed by atoms with E-state index < -0.39 is 0 Å². The number of anilines is 2. The molecule has 0 spiro atoms. The molecule has 3 aromatic rings. The number of aromatic nitrogens is 2. The predicted octanol–water partition coefficient (Wildman–Crippen LogP) is 5.45. The fraction of sp³-hybridized carbons (Fsp3) is 0. The van der Waals surface area contributed by atoms with Gasteiger partial charge in [-0.25, -0.2) is 9.97 Å². The van der Waals surface area contributed by atoms with Gasteiger partial charge in [0.15, 0.2) is 5.82 Å². The maximum Gasteiger partial charge on any atom is 0.156 e.